The monoisotopic (exact) mass is 193 g/mol. The lowest BCUT2D eigenvalue weighted by molar-refractivity contribution is 0.201. The molecule has 0 aliphatic carbocycles. The van der Waals surface area contributed by atoms with Crippen molar-refractivity contribution in [3.8, 4) is 5.75 Å². The quantitative estimate of drug-likeness (QED) is 0.783. The lowest BCUT2D eigenvalue weighted by Crippen LogP contribution is -2.26. The van der Waals surface area contributed by atoms with Crippen molar-refractivity contribution in [3.05, 3.63) is 29.3 Å². The van der Waals surface area contributed by atoms with Crippen LogP contribution in [-0.4, -0.2) is 12.6 Å². The summed E-state index contributed by atoms with van der Waals surface area (Å²) in [5.41, 5.74) is 2.12. The predicted octanol–water partition coefficient (Wildman–Crippen LogP) is 2.41. The summed E-state index contributed by atoms with van der Waals surface area (Å²) < 4.78 is 5.12. The van der Waals surface area contributed by atoms with Crippen LogP contribution in [0.1, 0.15) is 18.1 Å². The minimum absolute atomic E-state index is 0.402. The highest BCUT2D eigenvalue weighted by molar-refractivity contribution is 5.70. The summed E-state index contributed by atoms with van der Waals surface area (Å²) in [7, 11) is 0. The van der Waals surface area contributed by atoms with Gasteiger partial charge in [-0.3, -0.25) is 0 Å². The predicted molar refractivity (Wildman–Crippen MR) is 55.6 cm³/mol. The topological polar surface area (TPSA) is 38.3 Å². The molecule has 0 aliphatic heterocycles. The fourth-order valence-corrected chi connectivity index (χ4v) is 1.12. The van der Waals surface area contributed by atoms with Crippen LogP contribution in [0.3, 0.4) is 0 Å². The second-order valence-electron chi connectivity index (χ2n) is 3.12. The van der Waals surface area contributed by atoms with Crippen molar-refractivity contribution in [1.29, 1.82) is 0 Å². The first-order valence-corrected chi connectivity index (χ1v) is 4.67. The number of aryl methyl sites for hydroxylation is 1. The van der Waals surface area contributed by atoms with Gasteiger partial charge in [-0.05, 0) is 38.0 Å². The third-order valence-corrected chi connectivity index (χ3v) is 2.08. The standard InChI is InChI=1S/C11H15NO2/c1-4-12-11(13)14-10-7-5-6-8(2)9(10)3/h5-7H,4H2,1-3H3,(H,12,13). The Morgan fingerprint density at radius 3 is 2.79 bits per heavy atom. The second-order valence-corrected chi connectivity index (χ2v) is 3.12. The average molecular weight is 193 g/mol. The van der Waals surface area contributed by atoms with E-state index in [0.29, 0.717) is 12.3 Å². The zero-order valence-corrected chi connectivity index (χ0v) is 8.76. The van der Waals surface area contributed by atoms with Crippen molar-refractivity contribution in [1.82, 2.24) is 5.32 Å². The molecule has 0 spiro atoms. The fraction of sp³-hybridized carbons (Fsp3) is 0.364. The van der Waals surface area contributed by atoms with Crippen molar-refractivity contribution < 1.29 is 9.53 Å². The number of rotatable bonds is 2. The van der Waals surface area contributed by atoms with E-state index in [-0.39, 0.29) is 0 Å². The number of carbonyl (C=O) groups excluding carboxylic acids is 1. The smallest absolute Gasteiger partial charge is 0.410 e. The normalized spacial score (nSPS) is 9.64. The molecule has 3 nitrogen and oxygen atoms in total. The maximum absolute atomic E-state index is 11.1. The van der Waals surface area contributed by atoms with Crippen LogP contribution in [-0.2, 0) is 0 Å². The molecule has 0 saturated carbocycles. The molecule has 0 saturated heterocycles. The fourth-order valence-electron chi connectivity index (χ4n) is 1.12. The number of hydrogen-bond acceptors (Lipinski definition) is 2. The first-order chi connectivity index (χ1) is 6.65. The molecule has 76 valence electrons. The molecule has 0 fully saturated rings. The molecular formula is C11H15NO2. The van der Waals surface area contributed by atoms with Gasteiger partial charge in [-0.15, -0.1) is 0 Å². The van der Waals surface area contributed by atoms with E-state index in [0.717, 1.165) is 11.1 Å². The van der Waals surface area contributed by atoms with Gasteiger partial charge in [-0.25, -0.2) is 4.79 Å². The van der Waals surface area contributed by atoms with E-state index in [2.05, 4.69) is 5.32 Å². The van der Waals surface area contributed by atoms with Crippen molar-refractivity contribution in [2.24, 2.45) is 0 Å². The minimum atomic E-state index is -0.402. The average Bonchev–Trinajstić information content (AvgIpc) is 2.13. The van der Waals surface area contributed by atoms with Crippen LogP contribution >= 0.6 is 0 Å². The summed E-state index contributed by atoms with van der Waals surface area (Å²) in [5, 5.41) is 2.58. The summed E-state index contributed by atoms with van der Waals surface area (Å²) >= 11 is 0. The van der Waals surface area contributed by atoms with Gasteiger partial charge in [-0.1, -0.05) is 12.1 Å². The Hall–Kier alpha value is -1.51. The summed E-state index contributed by atoms with van der Waals surface area (Å²) in [6.07, 6.45) is -0.402. The lowest BCUT2D eigenvalue weighted by atomic mass is 10.1. The van der Waals surface area contributed by atoms with Crippen LogP contribution < -0.4 is 10.1 Å². The molecule has 1 aromatic rings. The Labute approximate surface area is 84.1 Å². The van der Waals surface area contributed by atoms with E-state index in [9.17, 15) is 4.79 Å². The molecule has 1 rings (SSSR count). The zero-order chi connectivity index (χ0) is 10.6. The van der Waals surface area contributed by atoms with E-state index < -0.39 is 6.09 Å². The molecular weight excluding hydrogens is 178 g/mol. The van der Waals surface area contributed by atoms with Gasteiger partial charge in [0, 0.05) is 6.54 Å². The molecule has 14 heavy (non-hydrogen) atoms. The van der Waals surface area contributed by atoms with E-state index in [1.807, 2.05) is 32.9 Å². The Kier molecular flexibility index (Phi) is 3.51. The largest absolute Gasteiger partial charge is 0.412 e. The molecule has 0 heterocycles. The molecule has 0 unspecified atom stereocenters. The number of nitrogens with one attached hydrogen (secondary N) is 1. The maximum Gasteiger partial charge on any atom is 0.412 e. The van der Waals surface area contributed by atoms with Gasteiger partial charge in [0.25, 0.3) is 0 Å². The summed E-state index contributed by atoms with van der Waals surface area (Å²) in [5.74, 6) is 0.621. The molecule has 0 aromatic heterocycles. The number of hydrogen-bond donors (Lipinski definition) is 1. The molecule has 1 aromatic carbocycles. The van der Waals surface area contributed by atoms with Crippen LogP contribution in [0.5, 0.6) is 5.75 Å². The van der Waals surface area contributed by atoms with Gasteiger partial charge < -0.3 is 10.1 Å². The third-order valence-electron chi connectivity index (χ3n) is 2.08. The summed E-state index contributed by atoms with van der Waals surface area (Å²) in [6.45, 7) is 6.35. The Morgan fingerprint density at radius 2 is 2.14 bits per heavy atom. The Morgan fingerprint density at radius 1 is 1.43 bits per heavy atom. The molecule has 3 heteroatoms. The highest BCUT2D eigenvalue weighted by Gasteiger charge is 2.06. The minimum Gasteiger partial charge on any atom is -0.410 e. The van der Waals surface area contributed by atoms with Gasteiger partial charge in [-0.2, -0.15) is 0 Å². The van der Waals surface area contributed by atoms with Crippen molar-refractivity contribution in [3.63, 3.8) is 0 Å². The lowest BCUT2D eigenvalue weighted by Gasteiger charge is -2.08. The zero-order valence-electron chi connectivity index (χ0n) is 8.76. The van der Waals surface area contributed by atoms with Crippen molar-refractivity contribution in [2.45, 2.75) is 20.8 Å². The number of amides is 1. The Balaban J connectivity index is 2.76. The van der Waals surface area contributed by atoms with E-state index in [4.69, 9.17) is 4.74 Å². The van der Waals surface area contributed by atoms with Gasteiger partial charge in [0.05, 0.1) is 0 Å². The number of carbonyl (C=O) groups is 1. The van der Waals surface area contributed by atoms with Crippen LogP contribution in [0, 0.1) is 13.8 Å². The van der Waals surface area contributed by atoms with Crippen molar-refractivity contribution in [2.75, 3.05) is 6.54 Å². The van der Waals surface area contributed by atoms with E-state index >= 15 is 0 Å². The molecule has 1 N–H and O–H groups in total. The van der Waals surface area contributed by atoms with Gasteiger partial charge in [0.15, 0.2) is 0 Å². The third kappa shape index (κ3) is 2.49. The summed E-state index contributed by atoms with van der Waals surface area (Å²) in [6, 6.07) is 5.65. The molecule has 0 radical (unpaired) electrons. The second kappa shape index (κ2) is 4.65. The maximum atomic E-state index is 11.1. The number of benzene rings is 1. The highest BCUT2D eigenvalue weighted by Crippen LogP contribution is 2.20. The van der Waals surface area contributed by atoms with Crippen LogP contribution in [0.2, 0.25) is 0 Å². The van der Waals surface area contributed by atoms with Gasteiger partial charge >= 0.3 is 6.09 Å². The van der Waals surface area contributed by atoms with Crippen LogP contribution in [0.25, 0.3) is 0 Å². The van der Waals surface area contributed by atoms with Crippen LogP contribution in [0.15, 0.2) is 18.2 Å². The van der Waals surface area contributed by atoms with E-state index in [1.165, 1.54) is 0 Å². The SMILES string of the molecule is CCNC(=O)Oc1cccc(C)c1C. The summed E-state index contributed by atoms with van der Waals surface area (Å²) in [4.78, 5) is 11.1. The van der Waals surface area contributed by atoms with Gasteiger partial charge in [0.2, 0.25) is 0 Å². The van der Waals surface area contributed by atoms with E-state index in [1.54, 1.807) is 6.07 Å². The molecule has 0 bridgehead atoms. The van der Waals surface area contributed by atoms with Crippen molar-refractivity contribution >= 4 is 6.09 Å². The van der Waals surface area contributed by atoms with Gasteiger partial charge in [0.1, 0.15) is 5.75 Å². The molecule has 0 aliphatic rings. The molecule has 0 atom stereocenters. The molecule has 1 amide bonds. The highest BCUT2D eigenvalue weighted by atomic mass is 16.6. The first kappa shape index (κ1) is 10.6. The Bertz CT molecular complexity index is 334. The van der Waals surface area contributed by atoms with Crippen LogP contribution in [0.4, 0.5) is 4.79 Å². The number of ether oxygens (including phenoxy) is 1. The first-order valence-electron chi connectivity index (χ1n) is 4.67.